The predicted octanol–water partition coefficient (Wildman–Crippen LogP) is 2.69. The van der Waals surface area contributed by atoms with Gasteiger partial charge in [0.05, 0.1) is 0 Å². The minimum atomic E-state index is 0.271. The predicted molar refractivity (Wildman–Crippen MR) is 76.8 cm³/mol. The van der Waals surface area contributed by atoms with Gasteiger partial charge >= 0.3 is 0 Å². The molecule has 1 saturated carbocycles. The Labute approximate surface area is 110 Å². The van der Waals surface area contributed by atoms with Gasteiger partial charge in [-0.2, -0.15) is 0 Å². The fourth-order valence-electron chi connectivity index (χ4n) is 2.37. The Kier molecular flexibility index (Phi) is 5.83. The van der Waals surface area contributed by atoms with Crippen molar-refractivity contribution < 1.29 is 4.79 Å². The van der Waals surface area contributed by atoms with Crippen molar-refractivity contribution in [1.82, 2.24) is 4.90 Å². The number of rotatable bonds is 4. The molecule has 1 aliphatic rings. The maximum absolute atomic E-state index is 10.7. The first-order chi connectivity index (χ1) is 8.58. The molecule has 0 spiro atoms. The van der Waals surface area contributed by atoms with Crippen molar-refractivity contribution in [1.29, 1.82) is 0 Å². The van der Waals surface area contributed by atoms with Gasteiger partial charge in [0, 0.05) is 27.1 Å². The molecule has 1 fully saturated rings. The zero-order chi connectivity index (χ0) is 13.5. The first kappa shape index (κ1) is 14.7. The first-order valence-electron chi connectivity index (χ1n) is 6.54. The van der Waals surface area contributed by atoms with Crippen LogP contribution < -0.4 is 0 Å². The highest BCUT2D eigenvalue weighted by Crippen LogP contribution is 2.32. The van der Waals surface area contributed by atoms with Gasteiger partial charge < -0.3 is 9.69 Å². The van der Waals surface area contributed by atoms with Crippen LogP contribution in [0.2, 0.25) is 0 Å². The molecular weight excluding hydrogens is 224 g/mol. The Hall–Kier alpha value is -1.38. The van der Waals surface area contributed by atoms with Crippen molar-refractivity contribution in [2.75, 3.05) is 21.1 Å². The van der Waals surface area contributed by atoms with E-state index >= 15 is 0 Å². The molecule has 3 nitrogen and oxygen atoms in total. The molecule has 0 aromatic heterocycles. The summed E-state index contributed by atoms with van der Waals surface area (Å²) in [4.78, 5) is 16.9. The quantitative estimate of drug-likeness (QED) is 0.332. The highest BCUT2D eigenvalue weighted by Gasteiger charge is 2.21. The number of allylic oxidation sites excluding steroid dienone is 2. The third-order valence-corrected chi connectivity index (χ3v) is 3.62. The largest absolute Gasteiger partial charge is 0.363 e. The van der Waals surface area contributed by atoms with E-state index in [4.69, 9.17) is 0 Å². The van der Waals surface area contributed by atoms with Crippen LogP contribution in [0, 0.1) is 11.8 Å². The molecule has 100 valence electrons. The third kappa shape index (κ3) is 4.13. The normalized spacial score (nSPS) is 25.2. The summed E-state index contributed by atoms with van der Waals surface area (Å²) < 4.78 is 0. The SMILES string of the molecule is C=C(/C=C\C(=N/C)N(C)C)[C@H]1CC[C@H](C=O)CC1. The van der Waals surface area contributed by atoms with Crippen LogP contribution in [0.4, 0.5) is 0 Å². The second-order valence-electron chi connectivity index (χ2n) is 5.13. The van der Waals surface area contributed by atoms with Gasteiger partial charge in [-0.05, 0) is 37.7 Å². The lowest BCUT2D eigenvalue weighted by Gasteiger charge is -2.25. The van der Waals surface area contributed by atoms with Gasteiger partial charge in [-0.15, -0.1) is 0 Å². The lowest BCUT2D eigenvalue weighted by molar-refractivity contribution is -0.112. The van der Waals surface area contributed by atoms with E-state index in [2.05, 4.69) is 17.6 Å². The molecule has 0 unspecified atom stereocenters. The number of hydrogen-bond acceptors (Lipinski definition) is 2. The molecule has 0 amide bonds. The molecule has 0 heterocycles. The van der Waals surface area contributed by atoms with E-state index in [-0.39, 0.29) is 5.92 Å². The molecule has 3 heteroatoms. The minimum Gasteiger partial charge on any atom is -0.363 e. The van der Waals surface area contributed by atoms with Gasteiger partial charge in [0.2, 0.25) is 0 Å². The number of aliphatic imine (C=N–C) groups is 1. The number of carbonyl (C=O) groups excluding carboxylic acids is 1. The summed E-state index contributed by atoms with van der Waals surface area (Å²) in [6.07, 6.45) is 9.33. The van der Waals surface area contributed by atoms with Crippen LogP contribution in [-0.2, 0) is 4.79 Å². The van der Waals surface area contributed by atoms with Crippen molar-refractivity contribution in [3.8, 4) is 0 Å². The monoisotopic (exact) mass is 248 g/mol. The average Bonchev–Trinajstić information content (AvgIpc) is 2.39. The minimum absolute atomic E-state index is 0.271. The number of likely N-dealkylation sites (N-methyl/N-ethyl adjacent to an activating group) is 1. The standard InChI is InChI=1S/C15H24N2O/c1-12(5-10-15(16-2)17(3)4)14-8-6-13(11-18)7-9-14/h5,10-11,13-14H,1,6-9H2,2-4H3/b10-5-,16-15+/t13-,14-. The van der Waals surface area contributed by atoms with Gasteiger partial charge in [-0.1, -0.05) is 18.2 Å². The van der Waals surface area contributed by atoms with Crippen molar-refractivity contribution in [2.24, 2.45) is 16.8 Å². The van der Waals surface area contributed by atoms with Gasteiger partial charge in [0.1, 0.15) is 12.1 Å². The Morgan fingerprint density at radius 1 is 1.22 bits per heavy atom. The van der Waals surface area contributed by atoms with Crippen LogP contribution in [0.15, 0.2) is 29.3 Å². The van der Waals surface area contributed by atoms with Crippen LogP contribution in [0.5, 0.6) is 0 Å². The van der Waals surface area contributed by atoms with Crippen molar-refractivity contribution in [3.05, 3.63) is 24.3 Å². The number of carbonyl (C=O) groups is 1. The molecule has 0 N–H and O–H groups in total. The van der Waals surface area contributed by atoms with Crippen LogP contribution in [0.25, 0.3) is 0 Å². The van der Waals surface area contributed by atoms with Crippen molar-refractivity contribution in [2.45, 2.75) is 25.7 Å². The molecule has 0 aliphatic heterocycles. The molecule has 0 atom stereocenters. The van der Waals surface area contributed by atoms with E-state index in [0.717, 1.165) is 43.4 Å². The highest BCUT2D eigenvalue weighted by molar-refractivity contribution is 5.92. The molecule has 0 aromatic rings. The maximum Gasteiger partial charge on any atom is 0.123 e. The first-order valence-corrected chi connectivity index (χ1v) is 6.54. The summed E-state index contributed by atoms with van der Waals surface area (Å²) in [7, 11) is 5.74. The second kappa shape index (κ2) is 7.14. The van der Waals surface area contributed by atoms with Crippen LogP contribution in [-0.4, -0.2) is 38.2 Å². The van der Waals surface area contributed by atoms with E-state index in [1.807, 2.05) is 25.1 Å². The molecule has 18 heavy (non-hydrogen) atoms. The van der Waals surface area contributed by atoms with Crippen molar-refractivity contribution >= 4 is 12.1 Å². The number of aldehydes is 1. The fraction of sp³-hybridized carbons (Fsp3) is 0.600. The maximum atomic E-state index is 10.7. The molecule has 0 radical (unpaired) electrons. The summed E-state index contributed by atoms with van der Waals surface area (Å²) >= 11 is 0. The average molecular weight is 248 g/mol. The van der Waals surface area contributed by atoms with Gasteiger partial charge in [0.25, 0.3) is 0 Å². The van der Waals surface area contributed by atoms with Gasteiger partial charge in [0.15, 0.2) is 0 Å². The summed E-state index contributed by atoms with van der Waals surface area (Å²) in [5.41, 5.74) is 1.15. The zero-order valence-electron chi connectivity index (χ0n) is 11.7. The molecule has 0 aromatic carbocycles. The lowest BCUT2D eigenvalue weighted by Crippen LogP contribution is -2.20. The summed E-state index contributed by atoms with van der Waals surface area (Å²) in [5, 5.41) is 0. The summed E-state index contributed by atoms with van der Waals surface area (Å²) in [6, 6.07) is 0. The Morgan fingerprint density at radius 3 is 2.28 bits per heavy atom. The number of hydrogen-bond donors (Lipinski definition) is 0. The Balaban J connectivity index is 2.51. The van der Waals surface area contributed by atoms with Gasteiger partial charge in [-0.25, -0.2) is 0 Å². The summed E-state index contributed by atoms with van der Waals surface area (Å²) in [5.74, 6) is 1.74. The van der Waals surface area contributed by atoms with Crippen molar-refractivity contribution in [3.63, 3.8) is 0 Å². The number of nitrogens with zero attached hydrogens (tertiary/aromatic N) is 2. The van der Waals surface area contributed by atoms with Gasteiger partial charge in [-0.3, -0.25) is 4.99 Å². The van der Waals surface area contributed by atoms with E-state index in [9.17, 15) is 4.79 Å². The molecule has 0 bridgehead atoms. The second-order valence-corrected chi connectivity index (χ2v) is 5.13. The third-order valence-electron chi connectivity index (χ3n) is 3.62. The van der Waals surface area contributed by atoms with E-state index in [1.165, 1.54) is 0 Å². The van der Waals surface area contributed by atoms with Crippen LogP contribution >= 0.6 is 0 Å². The smallest absolute Gasteiger partial charge is 0.123 e. The molecular formula is C15H24N2O. The topological polar surface area (TPSA) is 32.7 Å². The Bertz CT molecular complexity index is 348. The Morgan fingerprint density at radius 2 is 1.83 bits per heavy atom. The zero-order valence-corrected chi connectivity index (χ0v) is 11.7. The molecule has 1 aliphatic carbocycles. The van der Waals surface area contributed by atoms with E-state index in [0.29, 0.717) is 5.92 Å². The molecule has 0 saturated heterocycles. The van der Waals surface area contributed by atoms with E-state index in [1.54, 1.807) is 7.05 Å². The van der Waals surface area contributed by atoms with Crippen LogP contribution in [0.1, 0.15) is 25.7 Å². The van der Waals surface area contributed by atoms with Crippen LogP contribution in [0.3, 0.4) is 0 Å². The fourth-order valence-corrected chi connectivity index (χ4v) is 2.37. The molecule has 1 rings (SSSR count). The van der Waals surface area contributed by atoms with E-state index < -0.39 is 0 Å². The lowest BCUT2D eigenvalue weighted by atomic mass is 9.79. The summed E-state index contributed by atoms with van der Waals surface area (Å²) in [6.45, 7) is 4.15. The number of amidine groups is 1. The highest BCUT2D eigenvalue weighted by atomic mass is 16.1.